The molecule has 1 atom stereocenters. The van der Waals surface area contributed by atoms with Crippen LogP contribution in [-0.2, 0) is 21.2 Å². The summed E-state index contributed by atoms with van der Waals surface area (Å²) >= 11 is 0. The van der Waals surface area contributed by atoms with Crippen LogP contribution in [0, 0.1) is 5.92 Å². The van der Waals surface area contributed by atoms with E-state index in [2.05, 4.69) is 10.8 Å². The van der Waals surface area contributed by atoms with Gasteiger partial charge in [-0.2, -0.15) is 0 Å². The molecule has 0 amide bonds. The normalized spacial score (nSPS) is 22.0. The summed E-state index contributed by atoms with van der Waals surface area (Å²) in [4.78, 5) is 0. The van der Waals surface area contributed by atoms with Crippen molar-refractivity contribution < 1.29 is 13.2 Å². The van der Waals surface area contributed by atoms with Crippen LogP contribution in [0.4, 0.5) is 0 Å². The molecular formula is C16H23NO3S. The summed E-state index contributed by atoms with van der Waals surface area (Å²) in [7, 11) is -3.28. The molecule has 4 nitrogen and oxygen atoms in total. The van der Waals surface area contributed by atoms with Crippen LogP contribution in [0.2, 0.25) is 0 Å². The van der Waals surface area contributed by atoms with E-state index < -0.39 is 10.0 Å². The second kappa shape index (κ2) is 6.46. The number of ether oxygens (including phenoxy) is 1. The van der Waals surface area contributed by atoms with Gasteiger partial charge in [-0.1, -0.05) is 24.3 Å². The Labute approximate surface area is 126 Å². The minimum Gasteiger partial charge on any atom is -0.380 e. The zero-order valence-electron chi connectivity index (χ0n) is 12.3. The van der Waals surface area contributed by atoms with Gasteiger partial charge in [0.05, 0.1) is 12.4 Å². The van der Waals surface area contributed by atoms with Crippen molar-refractivity contribution in [3.8, 4) is 0 Å². The molecule has 1 fully saturated rings. The van der Waals surface area contributed by atoms with Gasteiger partial charge < -0.3 is 4.74 Å². The van der Waals surface area contributed by atoms with Crippen molar-refractivity contribution in [2.45, 2.75) is 38.1 Å². The molecule has 21 heavy (non-hydrogen) atoms. The van der Waals surface area contributed by atoms with Gasteiger partial charge >= 0.3 is 0 Å². The average Bonchev–Trinajstić information content (AvgIpc) is 3.28. The summed E-state index contributed by atoms with van der Waals surface area (Å²) < 4.78 is 32.6. The molecule has 1 aromatic carbocycles. The number of benzene rings is 1. The summed E-state index contributed by atoms with van der Waals surface area (Å²) in [6.07, 6.45) is 5.40. The van der Waals surface area contributed by atoms with E-state index >= 15 is 0 Å². The Hall–Kier alpha value is -0.910. The van der Waals surface area contributed by atoms with Gasteiger partial charge in [0.1, 0.15) is 0 Å². The van der Waals surface area contributed by atoms with Gasteiger partial charge in [0, 0.05) is 12.6 Å². The maximum Gasteiger partial charge on any atom is 0.214 e. The predicted molar refractivity (Wildman–Crippen MR) is 82.6 cm³/mol. The van der Waals surface area contributed by atoms with E-state index in [4.69, 9.17) is 4.74 Å². The van der Waals surface area contributed by atoms with E-state index in [9.17, 15) is 8.42 Å². The maximum absolute atomic E-state index is 12.2. The second-order valence-corrected chi connectivity index (χ2v) is 7.97. The Kier molecular flexibility index (Phi) is 4.62. The van der Waals surface area contributed by atoms with Crippen LogP contribution in [0.1, 0.15) is 42.9 Å². The minimum atomic E-state index is -3.28. The Morgan fingerprint density at radius 1 is 1.19 bits per heavy atom. The molecule has 2 aliphatic carbocycles. The van der Waals surface area contributed by atoms with Gasteiger partial charge in [-0.15, -0.1) is 0 Å². The quantitative estimate of drug-likeness (QED) is 0.787. The van der Waals surface area contributed by atoms with E-state index in [-0.39, 0.29) is 11.8 Å². The predicted octanol–water partition coefficient (Wildman–Crippen LogP) is 2.41. The molecule has 3 rings (SSSR count). The standard InChI is InChI=1S/C16H23NO3S/c18-21(19,11-10-20-12-13-8-9-13)17-16-7-3-5-14-4-1-2-6-15(14)16/h1-2,4,6,13,16-17H,3,5,7-12H2. The molecule has 1 unspecified atom stereocenters. The molecule has 1 saturated carbocycles. The topological polar surface area (TPSA) is 55.4 Å². The number of hydrogen-bond acceptors (Lipinski definition) is 3. The average molecular weight is 309 g/mol. The van der Waals surface area contributed by atoms with Gasteiger partial charge in [-0.3, -0.25) is 0 Å². The molecule has 0 heterocycles. The lowest BCUT2D eigenvalue weighted by Gasteiger charge is -2.26. The van der Waals surface area contributed by atoms with Crippen LogP contribution in [0.25, 0.3) is 0 Å². The van der Waals surface area contributed by atoms with E-state index in [1.165, 1.54) is 18.4 Å². The first-order valence-electron chi connectivity index (χ1n) is 7.79. The molecule has 0 saturated heterocycles. The molecule has 1 N–H and O–H groups in total. The Morgan fingerprint density at radius 3 is 2.81 bits per heavy atom. The SMILES string of the molecule is O=S(=O)(CCOCC1CC1)NC1CCCc2ccccc21. The smallest absolute Gasteiger partial charge is 0.214 e. The third-order valence-corrected chi connectivity index (χ3v) is 5.59. The molecule has 0 radical (unpaired) electrons. The molecular weight excluding hydrogens is 286 g/mol. The van der Waals surface area contributed by atoms with Gasteiger partial charge in [0.2, 0.25) is 10.0 Å². The van der Waals surface area contributed by atoms with Crippen LogP contribution in [0.5, 0.6) is 0 Å². The Bertz CT molecular complexity index is 581. The fourth-order valence-corrected chi connectivity index (χ4v) is 3.99. The van der Waals surface area contributed by atoms with Crippen LogP contribution in [0.15, 0.2) is 24.3 Å². The highest BCUT2D eigenvalue weighted by atomic mass is 32.2. The summed E-state index contributed by atoms with van der Waals surface area (Å²) in [5.74, 6) is 0.726. The first kappa shape index (κ1) is 15.0. The van der Waals surface area contributed by atoms with Gasteiger partial charge in [0.25, 0.3) is 0 Å². The third-order valence-electron chi connectivity index (χ3n) is 4.24. The summed E-state index contributed by atoms with van der Waals surface area (Å²) in [5, 5.41) is 0. The van der Waals surface area contributed by atoms with Crippen molar-refractivity contribution >= 4 is 10.0 Å². The zero-order chi connectivity index (χ0) is 14.7. The van der Waals surface area contributed by atoms with E-state index in [0.29, 0.717) is 19.1 Å². The van der Waals surface area contributed by atoms with Crippen molar-refractivity contribution in [2.24, 2.45) is 5.92 Å². The highest BCUT2D eigenvalue weighted by Gasteiger charge is 2.25. The summed E-state index contributed by atoms with van der Waals surface area (Å²) in [6.45, 7) is 1.00. The first-order valence-corrected chi connectivity index (χ1v) is 9.45. The number of sulfonamides is 1. The van der Waals surface area contributed by atoms with Crippen LogP contribution >= 0.6 is 0 Å². The van der Waals surface area contributed by atoms with Gasteiger partial charge in [-0.25, -0.2) is 13.1 Å². The Balaban J connectivity index is 1.55. The van der Waals surface area contributed by atoms with E-state index in [0.717, 1.165) is 24.8 Å². The highest BCUT2D eigenvalue weighted by molar-refractivity contribution is 7.89. The monoisotopic (exact) mass is 309 g/mol. The molecule has 0 bridgehead atoms. The molecule has 0 spiro atoms. The van der Waals surface area contributed by atoms with Crippen molar-refractivity contribution in [2.75, 3.05) is 19.0 Å². The fraction of sp³-hybridized carbons (Fsp3) is 0.625. The summed E-state index contributed by atoms with van der Waals surface area (Å²) in [6, 6.07) is 8.04. The molecule has 2 aliphatic rings. The minimum absolute atomic E-state index is 0.0540. The van der Waals surface area contributed by atoms with Crippen LogP contribution in [-0.4, -0.2) is 27.4 Å². The highest BCUT2D eigenvalue weighted by Crippen LogP contribution is 2.30. The zero-order valence-corrected chi connectivity index (χ0v) is 13.1. The van der Waals surface area contributed by atoms with Crippen molar-refractivity contribution in [3.63, 3.8) is 0 Å². The third kappa shape index (κ3) is 4.28. The van der Waals surface area contributed by atoms with Gasteiger partial charge in [-0.05, 0) is 49.1 Å². The number of aryl methyl sites for hydroxylation is 1. The van der Waals surface area contributed by atoms with Crippen LogP contribution in [0.3, 0.4) is 0 Å². The van der Waals surface area contributed by atoms with E-state index in [1.807, 2.05) is 18.2 Å². The lowest BCUT2D eigenvalue weighted by atomic mass is 9.88. The largest absolute Gasteiger partial charge is 0.380 e. The maximum atomic E-state index is 12.2. The van der Waals surface area contributed by atoms with Gasteiger partial charge in [0.15, 0.2) is 0 Å². The number of nitrogens with one attached hydrogen (secondary N) is 1. The second-order valence-electron chi connectivity index (χ2n) is 6.10. The molecule has 1 aromatic rings. The molecule has 5 heteroatoms. The Morgan fingerprint density at radius 2 is 2.00 bits per heavy atom. The lowest BCUT2D eigenvalue weighted by molar-refractivity contribution is 0.138. The lowest BCUT2D eigenvalue weighted by Crippen LogP contribution is -2.34. The number of fused-ring (bicyclic) bond motifs is 1. The molecule has 0 aromatic heterocycles. The number of hydrogen-bond donors (Lipinski definition) is 1. The van der Waals surface area contributed by atoms with E-state index in [1.54, 1.807) is 0 Å². The number of rotatable bonds is 7. The van der Waals surface area contributed by atoms with Crippen LogP contribution < -0.4 is 4.72 Å². The molecule has 116 valence electrons. The first-order chi connectivity index (χ1) is 10.1. The summed E-state index contributed by atoms with van der Waals surface area (Å²) in [5.41, 5.74) is 2.40. The van der Waals surface area contributed by atoms with Crippen molar-refractivity contribution in [3.05, 3.63) is 35.4 Å². The van der Waals surface area contributed by atoms with Crippen molar-refractivity contribution in [1.29, 1.82) is 0 Å². The fourth-order valence-electron chi connectivity index (χ4n) is 2.86. The molecule has 0 aliphatic heterocycles. The van der Waals surface area contributed by atoms with Crippen molar-refractivity contribution in [1.82, 2.24) is 4.72 Å².